The number of rotatable bonds is 4. The van der Waals surface area contributed by atoms with Gasteiger partial charge in [0.05, 0.1) is 4.90 Å². The first-order chi connectivity index (χ1) is 9.29. The van der Waals surface area contributed by atoms with E-state index in [4.69, 9.17) is 27.9 Å². The molecule has 0 unspecified atom stereocenters. The number of aliphatic imine (C=N–C) groups is 1. The van der Waals surface area contributed by atoms with Gasteiger partial charge in [-0.25, -0.2) is 13.4 Å². The molecule has 0 saturated heterocycles. The van der Waals surface area contributed by atoms with Crippen LogP contribution in [0.2, 0.25) is 0 Å². The Morgan fingerprint density at radius 3 is 2.40 bits per heavy atom. The van der Waals surface area contributed by atoms with Crippen molar-refractivity contribution in [2.75, 3.05) is 12.9 Å². The van der Waals surface area contributed by atoms with E-state index in [-0.39, 0.29) is 17.4 Å². The third-order valence-electron chi connectivity index (χ3n) is 2.90. The van der Waals surface area contributed by atoms with E-state index in [0.717, 1.165) is 6.26 Å². The standard InChI is InChI=1S/C12H13Cl2NO4S/c1-20(17,18)8-4-2-7(3-5-8)10(16)9-6-19-12(15-9)11(13)14/h2-5,9-11,16H,6H2,1H3/t9-,10-/m0/s1. The smallest absolute Gasteiger partial charge is 0.218 e. The van der Waals surface area contributed by atoms with Crippen molar-refractivity contribution in [1.29, 1.82) is 0 Å². The van der Waals surface area contributed by atoms with E-state index in [0.29, 0.717) is 5.56 Å². The topological polar surface area (TPSA) is 76.0 Å². The van der Waals surface area contributed by atoms with E-state index >= 15 is 0 Å². The Morgan fingerprint density at radius 1 is 1.35 bits per heavy atom. The molecular weight excluding hydrogens is 325 g/mol. The molecule has 20 heavy (non-hydrogen) atoms. The highest BCUT2D eigenvalue weighted by atomic mass is 35.5. The number of benzene rings is 1. The number of aliphatic hydroxyl groups excluding tert-OH is 1. The zero-order valence-electron chi connectivity index (χ0n) is 10.5. The maximum atomic E-state index is 11.4. The minimum absolute atomic E-state index is 0.181. The van der Waals surface area contributed by atoms with E-state index in [1.807, 2.05) is 0 Å². The van der Waals surface area contributed by atoms with Gasteiger partial charge in [0, 0.05) is 6.26 Å². The molecule has 8 heteroatoms. The Balaban J connectivity index is 2.17. The van der Waals surface area contributed by atoms with Crippen molar-refractivity contribution in [3.63, 3.8) is 0 Å². The van der Waals surface area contributed by atoms with Gasteiger partial charge in [-0.3, -0.25) is 0 Å². The van der Waals surface area contributed by atoms with Gasteiger partial charge in [-0.1, -0.05) is 35.3 Å². The summed E-state index contributed by atoms with van der Waals surface area (Å²) >= 11 is 11.3. The number of nitrogens with zero attached hydrogens (tertiary/aromatic N) is 1. The lowest BCUT2D eigenvalue weighted by molar-refractivity contribution is 0.129. The van der Waals surface area contributed by atoms with Crippen LogP contribution in [0.15, 0.2) is 34.2 Å². The monoisotopic (exact) mass is 337 g/mol. The van der Waals surface area contributed by atoms with Gasteiger partial charge < -0.3 is 9.84 Å². The highest BCUT2D eigenvalue weighted by Gasteiger charge is 2.29. The number of aliphatic hydroxyl groups is 1. The van der Waals surface area contributed by atoms with E-state index in [9.17, 15) is 13.5 Å². The second-order valence-electron chi connectivity index (χ2n) is 4.43. The summed E-state index contributed by atoms with van der Waals surface area (Å²) in [5.41, 5.74) is 0.552. The number of sulfone groups is 1. The van der Waals surface area contributed by atoms with Crippen LogP contribution in [0.4, 0.5) is 0 Å². The van der Waals surface area contributed by atoms with Gasteiger partial charge in [-0.2, -0.15) is 0 Å². The van der Waals surface area contributed by atoms with Crippen molar-refractivity contribution >= 4 is 38.9 Å². The average Bonchev–Trinajstić information content (AvgIpc) is 2.86. The van der Waals surface area contributed by atoms with Crippen LogP contribution >= 0.6 is 23.2 Å². The fourth-order valence-corrected chi connectivity index (χ4v) is 2.69. The number of alkyl halides is 2. The molecular formula is C12H13Cl2NO4S. The Morgan fingerprint density at radius 2 is 1.95 bits per heavy atom. The minimum Gasteiger partial charge on any atom is -0.477 e. The second-order valence-corrected chi connectivity index (χ2v) is 7.54. The SMILES string of the molecule is CS(=O)(=O)c1ccc([C@H](O)[C@@H]2COC(C(Cl)Cl)=N2)cc1. The van der Waals surface area contributed by atoms with E-state index in [1.54, 1.807) is 12.1 Å². The highest BCUT2D eigenvalue weighted by Crippen LogP contribution is 2.25. The predicted molar refractivity (Wildman–Crippen MR) is 77.2 cm³/mol. The zero-order valence-corrected chi connectivity index (χ0v) is 12.9. The molecule has 1 aromatic rings. The summed E-state index contributed by atoms with van der Waals surface area (Å²) in [6, 6.07) is 5.48. The highest BCUT2D eigenvalue weighted by molar-refractivity contribution is 7.90. The van der Waals surface area contributed by atoms with Gasteiger partial charge in [0.1, 0.15) is 18.8 Å². The molecule has 0 spiro atoms. The first kappa shape index (κ1) is 15.6. The molecule has 0 aliphatic carbocycles. The third-order valence-corrected chi connectivity index (χ3v) is 4.40. The summed E-state index contributed by atoms with van der Waals surface area (Å²) in [6.07, 6.45) is 0.217. The Hall–Kier alpha value is -0.820. The van der Waals surface area contributed by atoms with Crippen LogP contribution in [-0.4, -0.2) is 43.2 Å². The molecule has 0 amide bonds. The lowest BCUT2D eigenvalue weighted by atomic mass is 10.0. The van der Waals surface area contributed by atoms with Crippen molar-refractivity contribution < 1.29 is 18.3 Å². The molecule has 0 bridgehead atoms. The summed E-state index contributed by atoms with van der Waals surface area (Å²) in [5.74, 6) is 0.185. The first-order valence-corrected chi connectivity index (χ1v) is 8.52. The molecule has 1 heterocycles. The van der Waals surface area contributed by atoms with Gasteiger partial charge in [-0.15, -0.1) is 0 Å². The predicted octanol–water partition coefficient (Wildman–Crippen LogP) is 1.72. The molecule has 1 aromatic carbocycles. The van der Waals surface area contributed by atoms with Crippen molar-refractivity contribution in [1.82, 2.24) is 0 Å². The summed E-state index contributed by atoms with van der Waals surface area (Å²) in [4.78, 5) is 3.43. The van der Waals surface area contributed by atoms with Gasteiger partial charge in [0.25, 0.3) is 0 Å². The van der Waals surface area contributed by atoms with E-state index < -0.39 is 26.8 Å². The molecule has 2 atom stereocenters. The second kappa shape index (κ2) is 5.89. The molecule has 110 valence electrons. The van der Waals surface area contributed by atoms with Crippen LogP contribution in [0.1, 0.15) is 11.7 Å². The maximum absolute atomic E-state index is 11.4. The fourth-order valence-electron chi connectivity index (χ4n) is 1.82. The quantitative estimate of drug-likeness (QED) is 0.849. The molecule has 0 radical (unpaired) electrons. The number of hydrogen-bond acceptors (Lipinski definition) is 5. The average molecular weight is 338 g/mol. The van der Waals surface area contributed by atoms with E-state index in [1.165, 1.54) is 12.1 Å². The summed E-state index contributed by atoms with van der Waals surface area (Å²) in [6.45, 7) is 0.181. The third kappa shape index (κ3) is 3.44. The van der Waals surface area contributed by atoms with Gasteiger partial charge >= 0.3 is 0 Å². The lowest BCUT2D eigenvalue weighted by Gasteiger charge is -2.14. The minimum atomic E-state index is -3.25. The largest absolute Gasteiger partial charge is 0.477 e. The summed E-state index contributed by atoms with van der Waals surface area (Å²) in [7, 11) is -3.25. The van der Waals surface area contributed by atoms with E-state index in [2.05, 4.69) is 4.99 Å². The van der Waals surface area contributed by atoms with Crippen LogP contribution in [0, 0.1) is 0 Å². The van der Waals surface area contributed by atoms with Gasteiger partial charge in [0.2, 0.25) is 5.90 Å². The summed E-state index contributed by atoms with van der Waals surface area (Å²) < 4.78 is 27.9. The number of ether oxygens (including phenoxy) is 1. The van der Waals surface area contributed by atoms with Crippen LogP contribution in [0.25, 0.3) is 0 Å². The Labute approximate surface area is 127 Å². The Kier molecular flexibility index (Phi) is 4.59. The van der Waals surface area contributed by atoms with Crippen molar-refractivity contribution in [3.05, 3.63) is 29.8 Å². The molecule has 1 N–H and O–H groups in total. The Bertz CT molecular complexity index is 613. The maximum Gasteiger partial charge on any atom is 0.218 e. The van der Waals surface area contributed by atoms with Crippen LogP contribution in [0.3, 0.4) is 0 Å². The zero-order chi connectivity index (χ0) is 14.9. The summed E-state index contributed by atoms with van der Waals surface area (Å²) in [5, 5.41) is 10.2. The molecule has 5 nitrogen and oxygen atoms in total. The molecule has 1 aliphatic heterocycles. The lowest BCUT2D eigenvalue weighted by Crippen LogP contribution is -2.17. The van der Waals surface area contributed by atoms with Crippen molar-refractivity contribution in [2.45, 2.75) is 21.9 Å². The van der Waals surface area contributed by atoms with Gasteiger partial charge in [0.15, 0.2) is 14.7 Å². The first-order valence-electron chi connectivity index (χ1n) is 5.76. The molecule has 0 fully saturated rings. The van der Waals surface area contributed by atoms with Crippen molar-refractivity contribution in [3.8, 4) is 0 Å². The van der Waals surface area contributed by atoms with Crippen LogP contribution in [-0.2, 0) is 14.6 Å². The van der Waals surface area contributed by atoms with Gasteiger partial charge in [-0.05, 0) is 17.7 Å². The number of halogens is 2. The normalized spacial score (nSPS) is 20.6. The fraction of sp³-hybridized carbons (Fsp3) is 0.417. The van der Waals surface area contributed by atoms with Crippen molar-refractivity contribution in [2.24, 2.45) is 4.99 Å². The molecule has 0 saturated carbocycles. The number of hydrogen-bond donors (Lipinski definition) is 1. The van der Waals surface area contributed by atoms with Crippen LogP contribution in [0.5, 0.6) is 0 Å². The van der Waals surface area contributed by atoms with Crippen LogP contribution < -0.4 is 0 Å². The molecule has 0 aromatic heterocycles. The molecule has 1 aliphatic rings. The molecule has 2 rings (SSSR count).